The SMILES string of the molecule is CCOc1ccc(-n2c(C(CC)N3CCN(C(=O)c4ccc5ccccc5c4)CC3)nc3ccccc3c2=O)cc1. The van der Waals surface area contributed by atoms with E-state index in [-0.39, 0.29) is 17.5 Å². The fourth-order valence-corrected chi connectivity index (χ4v) is 5.83. The van der Waals surface area contributed by atoms with Gasteiger partial charge < -0.3 is 9.64 Å². The lowest BCUT2D eigenvalue weighted by Crippen LogP contribution is -2.50. The first-order chi connectivity index (χ1) is 20.1. The molecule has 0 N–H and O–H groups in total. The molecule has 0 saturated carbocycles. The van der Waals surface area contributed by atoms with Gasteiger partial charge in [-0.3, -0.25) is 19.1 Å². The highest BCUT2D eigenvalue weighted by molar-refractivity contribution is 5.98. The molecule has 1 atom stereocenters. The van der Waals surface area contributed by atoms with Crippen LogP contribution in [0.3, 0.4) is 0 Å². The molecule has 6 rings (SSSR count). The van der Waals surface area contributed by atoms with Gasteiger partial charge >= 0.3 is 0 Å². The number of nitrogens with zero attached hydrogens (tertiary/aromatic N) is 4. The van der Waals surface area contributed by atoms with Crippen molar-refractivity contribution in [2.24, 2.45) is 0 Å². The average Bonchev–Trinajstić information content (AvgIpc) is 3.02. The maximum atomic E-state index is 13.9. The third-order valence-corrected chi connectivity index (χ3v) is 7.93. The van der Waals surface area contributed by atoms with Gasteiger partial charge in [0.05, 0.1) is 29.2 Å². The summed E-state index contributed by atoms with van der Waals surface area (Å²) in [5.74, 6) is 1.53. The number of amides is 1. The molecule has 0 bridgehead atoms. The number of carbonyl (C=O) groups excluding carboxylic acids is 1. The highest BCUT2D eigenvalue weighted by Gasteiger charge is 2.30. The van der Waals surface area contributed by atoms with Crippen molar-refractivity contribution in [3.8, 4) is 11.4 Å². The van der Waals surface area contributed by atoms with Gasteiger partial charge in [-0.25, -0.2) is 4.98 Å². The van der Waals surface area contributed by atoms with Crippen LogP contribution in [-0.2, 0) is 0 Å². The normalized spacial score (nSPS) is 14.8. The van der Waals surface area contributed by atoms with E-state index in [2.05, 4.69) is 17.9 Å². The number of hydrogen-bond acceptors (Lipinski definition) is 5. The van der Waals surface area contributed by atoms with E-state index in [4.69, 9.17) is 9.72 Å². The van der Waals surface area contributed by atoms with Gasteiger partial charge in [0.25, 0.3) is 11.5 Å². The van der Waals surface area contributed by atoms with Crippen molar-refractivity contribution in [3.05, 3.63) is 113 Å². The van der Waals surface area contributed by atoms with Crippen LogP contribution >= 0.6 is 0 Å². The second-order valence-corrected chi connectivity index (χ2v) is 10.4. The predicted molar refractivity (Wildman–Crippen MR) is 163 cm³/mol. The van der Waals surface area contributed by atoms with E-state index in [1.165, 1.54) is 0 Å². The van der Waals surface area contributed by atoms with Gasteiger partial charge in [0.1, 0.15) is 11.6 Å². The minimum absolute atomic E-state index is 0.0542. The Labute approximate surface area is 239 Å². The first kappa shape index (κ1) is 26.7. The third-order valence-electron chi connectivity index (χ3n) is 7.93. The average molecular weight is 547 g/mol. The molecule has 1 aromatic heterocycles. The van der Waals surface area contributed by atoms with E-state index < -0.39 is 0 Å². The molecule has 1 fully saturated rings. The summed E-state index contributed by atoms with van der Waals surface area (Å²) in [5, 5.41) is 2.78. The summed E-state index contributed by atoms with van der Waals surface area (Å²) in [5.41, 5.74) is 2.08. The Kier molecular flexibility index (Phi) is 7.53. The Hall–Kier alpha value is -4.49. The fraction of sp³-hybridized carbons (Fsp3) is 0.265. The Balaban J connectivity index is 1.29. The number of benzene rings is 4. The van der Waals surface area contributed by atoms with Crippen LogP contribution in [0.5, 0.6) is 5.75 Å². The molecular formula is C34H34N4O3. The van der Waals surface area contributed by atoms with E-state index in [1.807, 2.05) is 96.8 Å². The van der Waals surface area contributed by atoms with Crippen molar-refractivity contribution in [1.29, 1.82) is 0 Å². The van der Waals surface area contributed by atoms with Crippen molar-refractivity contribution >= 4 is 27.6 Å². The zero-order valence-electron chi connectivity index (χ0n) is 23.5. The van der Waals surface area contributed by atoms with Gasteiger partial charge in [0, 0.05) is 31.7 Å². The molecular weight excluding hydrogens is 512 g/mol. The van der Waals surface area contributed by atoms with Crippen LogP contribution in [0, 0.1) is 0 Å². The molecule has 7 nitrogen and oxygen atoms in total. The lowest BCUT2D eigenvalue weighted by Gasteiger charge is -2.39. The maximum absolute atomic E-state index is 13.9. The van der Waals surface area contributed by atoms with Crippen LogP contribution in [0.4, 0.5) is 0 Å². The number of carbonyl (C=O) groups is 1. The van der Waals surface area contributed by atoms with Gasteiger partial charge in [0.15, 0.2) is 0 Å². The lowest BCUT2D eigenvalue weighted by atomic mass is 10.1. The predicted octanol–water partition coefficient (Wildman–Crippen LogP) is 5.85. The van der Waals surface area contributed by atoms with Gasteiger partial charge in [-0.1, -0.05) is 49.4 Å². The number of aromatic nitrogens is 2. The number of piperazine rings is 1. The number of hydrogen-bond donors (Lipinski definition) is 0. The minimum Gasteiger partial charge on any atom is -0.494 e. The highest BCUT2D eigenvalue weighted by Crippen LogP contribution is 2.28. The number of para-hydroxylation sites is 1. The number of ether oxygens (including phenoxy) is 1. The summed E-state index contributed by atoms with van der Waals surface area (Å²) >= 11 is 0. The summed E-state index contributed by atoms with van der Waals surface area (Å²) < 4.78 is 7.38. The largest absolute Gasteiger partial charge is 0.494 e. The van der Waals surface area contributed by atoms with Gasteiger partial charge in [-0.2, -0.15) is 0 Å². The first-order valence-corrected chi connectivity index (χ1v) is 14.3. The van der Waals surface area contributed by atoms with Crippen LogP contribution in [0.2, 0.25) is 0 Å². The molecule has 0 aliphatic carbocycles. The van der Waals surface area contributed by atoms with Crippen molar-refractivity contribution in [2.45, 2.75) is 26.3 Å². The molecule has 4 aromatic carbocycles. The van der Waals surface area contributed by atoms with Crippen molar-refractivity contribution in [2.75, 3.05) is 32.8 Å². The summed E-state index contributed by atoms with van der Waals surface area (Å²) in [6.07, 6.45) is 0.778. The topological polar surface area (TPSA) is 67.7 Å². The molecule has 7 heteroatoms. The number of fused-ring (bicyclic) bond motifs is 2. The molecule has 2 heterocycles. The second kappa shape index (κ2) is 11.6. The van der Waals surface area contributed by atoms with Crippen LogP contribution in [0.1, 0.15) is 42.5 Å². The van der Waals surface area contributed by atoms with Crippen LogP contribution in [-0.4, -0.2) is 58.0 Å². The quantitative estimate of drug-likeness (QED) is 0.256. The highest BCUT2D eigenvalue weighted by atomic mass is 16.5. The Morgan fingerprint density at radius 1 is 0.854 bits per heavy atom. The smallest absolute Gasteiger partial charge is 0.266 e. The van der Waals surface area contributed by atoms with Gasteiger partial charge in [-0.15, -0.1) is 0 Å². The zero-order valence-corrected chi connectivity index (χ0v) is 23.5. The standard InChI is InChI=1S/C34H34N4O3/c1-3-31(36-19-21-37(22-20-36)33(39)26-14-13-24-9-5-6-10-25(24)23-26)32-35-30-12-8-7-11-29(30)34(40)38(32)27-15-17-28(18-16-27)41-4-2/h5-18,23,31H,3-4,19-22H2,1-2H3. The van der Waals surface area contributed by atoms with Crippen molar-refractivity contribution in [3.63, 3.8) is 0 Å². The second-order valence-electron chi connectivity index (χ2n) is 10.4. The van der Waals surface area contributed by atoms with Gasteiger partial charge in [-0.05, 0) is 72.6 Å². The lowest BCUT2D eigenvalue weighted by molar-refractivity contribution is 0.0551. The molecule has 5 aromatic rings. The molecule has 208 valence electrons. The van der Waals surface area contributed by atoms with E-state index in [0.29, 0.717) is 49.3 Å². The summed E-state index contributed by atoms with van der Waals surface area (Å²) in [7, 11) is 0. The van der Waals surface area contributed by atoms with E-state index >= 15 is 0 Å². The molecule has 1 aliphatic rings. The Bertz CT molecular complexity index is 1750. The zero-order chi connectivity index (χ0) is 28.3. The number of rotatable bonds is 7. The molecule has 0 spiro atoms. The van der Waals surface area contributed by atoms with Crippen LogP contribution < -0.4 is 10.3 Å². The Morgan fingerprint density at radius 2 is 1.56 bits per heavy atom. The van der Waals surface area contributed by atoms with E-state index in [1.54, 1.807) is 4.57 Å². The summed E-state index contributed by atoms with van der Waals surface area (Å²) in [6.45, 7) is 7.28. The molecule has 1 amide bonds. The van der Waals surface area contributed by atoms with E-state index in [0.717, 1.165) is 34.5 Å². The maximum Gasteiger partial charge on any atom is 0.266 e. The van der Waals surface area contributed by atoms with Gasteiger partial charge in [0.2, 0.25) is 0 Å². The summed E-state index contributed by atoms with van der Waals surface area (Å²) in [4.78, 5) is 36.6. The van der Waals surface area contributed by atoms with Crippen molar-refractivity contribution in [1.82, 2.24) is 19.4 Å². The van der Waals surface area contributed by atoms with Crippen LogP contribution in [0.25, 0.3) is 27.4 Å². The van der Waals surface area contributed by atoms with Crippen LogP contribution in [0.15, 0.2) is 95.8 Å². The molecule has 0 radical (unpaired) electrons. The van der Waals surface area contributed by atoms with Crippen molar-refractivity contribution < 1.29 is 9.53 Å². The van der Waals surface area contributed by atoms with E-state index in [9.17, 15) is 9.59 Å². The Morgan fingerprint density at radius 3 is 2.29 bits per heavy atom. The fourth-order valence-electron chi connectivity index (χ4n) is 5.83. The summed E-state index contributed by atoms with van der Waals surface area (Å²) in [6, 6.07) is 29.0. The molecule has 1 unspecified atom stereocenters. The third kappa shape index (κ3) is 5.21. The monoisotopic (exact) mass is 546 g/mol. The minimum atomic E-state index is -0.0863. The molecule has 41 heavy (non-hydrogen) atoms. The molecule has 1 saturated heterocycles. The first-order valence-electron chi connectivity index (χ1n) is 14.3. The molecule has 1 aliphatic heterocycles.